The highest BCUT2D eigenvalue weighted by Gasteiger charge is 2.52. The molecule has 2 heterocycles. The van der Waals surface area contributed by atoms with Crippen LogP contribution in [0.1, 0.15) is 35.7 Å². The highest BCUT2D eigenvalue weighted by Crippen LogP contribution is 2.31. The number of hydrogen-bond acceptors (Lipinski definition) is 4. The summed E-state index contributed by atoms with van der Waals surface area (Å²) in [5, 5.41) is 3.43. The maximum atomic E-state index is 13.1. The first-order valence-corrected chi connectivity index (χ1v) is 10.7. The van der Waals surface area contributed by atoms with Gasteiger partial charge in [0.05, 0.1) is 13.2 Å². The van der Waals surface area contributed by atoms with Crippen LogP contribution in [0.2, 0.25) is 5.02 Å². The van der Waals surface area contributed by atoms with Gasteiger partial charge in [0.1, 0.15) is 11.3 Å². The molecular formula is C23H24ClN3O4. The van der Waals surface area contributed by atoms with Crippen LogP contribution in [-0.4, -0.2) is 52.9 Å². The van der Waals surface area contributed by atoms with E-state index in [4.69, 9.17) is 16.3 Å². The summed E-state index contributed by atoms with van der Waals surface area (Å²) < 4.78 is 5.42. The van der Waals surface area contributed by atoms with Crippen molar-refractivity contribution in [1.29, 1.82) is 0 Å². The molecule has 4 amide bonds. The summed E-state index contributed by atoms with van der Waals surface area (Å²) in [7, 11) is 0. The molecule has 2 aromatic carbocycles. The number of likely N-dealkylation sites (tertiary alicyclic amines) is 1. The molecule has 162 valence electrons. The summed E-state index contributed by atoms with van der Waals surface area (Å²) in [6.07, 6.45) is 0.763. The first-order chi connectivity index (χ1) is 14.9. The molecule has 0 aromatic heterocycles. The number of hydrogen-bond donors (Lipinski definition) is 1. The minimum Gasteiger partial charge on any atom is -0.494 e. The third kappa shape index (κ3) is 4.23. The molecule has 7 nitrogen and oxygen atoms in total. The van der Waals surface area contributed by atoms with Gasteiger partial charge in [0, 0.05) is 23.7 Å². The molecule has 1 spiro atoms. The molecule has 2 saturated heterocycles. The lowest BCUT2D eigenvalue weighted by molar-refractivity contribution is -0.133. The van der Waals surface area contributed by atoms with E-state index in [0.717, 1.165) is 11.3 Å². The first-order valence-electron chi connectivity index (χ1n) is 10.3. The van der Waals surface area contributed by atoms with E-state index in [1.54, 1.807) is 47.4 Å². The highest BCUT2D eigenvalue weighted by atomic mass is 35.5. The Labute approximate surface area is 185 Å². The summed E-state index contributed by atoms with van der Waals surface area (Å²) >= 11 is 6.02. The number of imide groups is 1. The van der Waals surface area contributed by atoms with Gasteiger partial charge in [0.25, 0.3) is 11.8 Å². The predicted octanol–water partition coefficient (Wildman–Crippen LogP) is 3.47. The van der Waals surface area contributed by atoms with Gasteiger partial charge in [-0.3, -0.25) is 14.5 Å². The monoisotopic (exact) mass is 441 g/mol. The van der Waals surface area contributed by atoms with E-state index in [1.807, 2.05) is 13.0 Å². The number of halogens is 1. The molecule has 0 aliphatic carbocycles. The zero-order valence-corrected chi connectivity index (χ0v) is 18.0. The Morgan fingerprint density at radius 2 is 1.84 bits per heavy atom. The average molecular weight is 442 g/mol. The summed E-state index contributed by atoms with van der Waals surface area (Å²) in [4.78, 5) is 41.5. The van der Waals surface area contributed by atoms with E-state index in [0.29, 0.717) is 43.1 Å². The van der Waals surface area contributed by atoms with E-state index in [1.165, 1.54) is 4.90 Å². The fourth-order valence-electron chi connectivity index (χ4n) is 4.11. The number of piperidine rings is 1. The van der Waals surface area contributed by atoms with Gasteiger partial charge in [-0.05, 0) is 61.7 Å². The van der Waals surface area contributed by atoms with Crippen LogP contribution >= 0.6 is 11.6 Å². The number of rotatable bonds is 5. The van der Waals surface area contributed by atoms with Gasteiger partial charge in [-0.2, -0.15) is 0 Å². The summed E-state index contributed by atoms with van der Waals surface area (Å²) in [6, 6.07) is 13.7. The number of nitrogens with zero attached hydrogens (tertiary/aromatic N) is 2. The zero-order chi connectivity index (χ0) is 22.0. The first kappa shape index (κ1) is 21.2. The SMILES string of the molecule is CCOc1ccc(C(=O)N2CCC3(CC2)NC(=O)N(Cc2cccc(Cl)c2)C3=O)cc1. The third-order valence-electron chi connectivity index (χ3n) is 5.79. The van der Waals surface area contributed by atoms with Crippen molar-refractivity contribution in [1.82, 2.24) is 15.1 Å². The van der Waals surface area contributed by atoms with E-state index >= 15 is 0 Å². The molecule has 1 N–H and O–H groups in total. The van der Waals surface area contributed by atoms with Gasteiger partial charge in [0.15, 0.2) is 0 Å². The van der Waals surface area contributed by atoms with E-state index in [9.17, 15) is 14.4 Å². The normalized spacial score (nSPS) is 17.7. The lowest BCUT2D eigenvalue weighted by atomic mass is 9.87. The van der Waals surface area contributed by atoms with E-state index in [2.05, 4.69) is 5.32 Å². The van der Waals surface area contributed by atoms with Crippen LogP contribution in [-0.2, 0) is 11.3 Å². The summed E-state index contributed by atoms with van der Waals surface area (Å²) in [5.41, 5.74) is 0.408. The number of amides is 4. The van der Waals surface area contributed by atoms with Gasteiger partial charge < -0.3 is 15.0 Å². The van der Waals surface area contributed by atoms with Gasteiger partial charge in [-0.15, -0.1) is 0 Å². The minimum absolute atomic E-state index is 0.0922. The molecule has 31 heavy (non-hydrogen) atoms. The Kier molecular flexibility index (Phi) is 5.87. The average Bonchev–Trinajstić information content (AvgIpc) is 2.99. The van der Waals surface area contributed by atoms with Crippen molar-refractivity contribution in [2.24, 2.45) is 0 Å². The molecule has 0 bridgehead atoms. The van der Waals surface area contributed by atoms with Gasteiger partial charge in [-0.25, -0.2) is 4.79 Å². The zero-order valence-electron chi connectivity index (χ0n) is 17.3. The number of carbonyl (C=O) groups is 3. The van der Waals surface area contributed by atoms with E-state index in [-0.39, 0.29) is 18.4 Å². The molecule has 0 unspecified atom stereocenters. The second kappa shape index (κ2) is 8.59. The summed E-state index contributed by atoms with van der Waals surface area (Å²) in [5.74, 6) is 0.381. The maximum Gasteiger partial charge on any atom is 0.325 e. The predicted molar refractivity (Wildman–Crippen MR) is 116 cm³/mol. The lowest BCUT2D eigenvalue weighted by Gasteiger charge is -2.37. The van der Waals surface area contributed by atoms with Crippen molar-refractivity contribution >= 4 is 29.4 Å². The van der Waals surface area contributed by atoms with Crippen LogP contribution in [0, 0.1) is 0 Å². The second-order valence-corrected chi connectivity index (χ2v) is 8.22. The molecule has 8 heteroatoms. The molecule has 2 aromatic rings. The Morgan fingerprint density at radius 3 is 2.48 bits per heavy atom. The van der Waals surface area contributed by atoms with Crippen molar-refractivity contribution in [3.05, 3.63) is 64.7 Å². The fourth-order valence-corrected chi connectivity index (χ4v) is 4.32. The molecule has 0 atom stereocenters. The Morgan fingerprint density at radius 1 is 1.13 bits per heavy atom. The quantitative estimate of drug-likeness (QED) is 0.720. The van der Waals surface area contributed by atoms with Gasteiger partial charge in [-0.1, -0.05) is 23.7 Å². The molecule has 2 aliphatic heterocycles. The van der Waals surface area contributed by atoms with Crippen LogP contribution in [0.4, 0.5) is 4.79 Å². The number of ether oxygens (including phenoxy) is 1. The van der Waals surface area contributed by atoms with Crippen molar-refractivity contribution in [3.8, 4) is 5.75 Å². The Hall–Kier alpha value is -3.06. The van der Waals surface area contributed by atoms with Crippen LogP contribution in [0.15, 0.2) is 48.5 Å². The number of urea groups is 1. The highest BCUT2D eigenvalue weighted by molar-refractivity contribution is 6.30. The van der Waals surface area contributed by atoms with Crippen molar-refractivity contribution in [3.63, 3.8) is 0 Å². The number of nitrogens with one attached hydrogen (secondary N) is 1. The van der Waals surface area contributed by atoms with E-state index < -0.39 is 11.6 Å². The molecule has 2 aliphatic rings. The second-order valence-electron chi connectivity index (χ2n) is 7.78. The van der Waals surface area contributed by atoms with Crippen LogP contribution in [0.3, 0.4) is 0 Å². The van der Waals surface area contributed by atoms with Crippen LogP contribution < -0.4 is 10.1 Å². The molecule has 0 saturated carbocycles. The van der Waals surface area contributed by atoms with Crippen LogP contribution in [0.5, 0.6) is 5.75 Å². The number of carbonyl (C=O) groups excluding carboxylic acids is 3. The third-order valence-corrected chi connectivity index (χ3v) is 6.03. The Bertz CT molecular complexity index is 1000. The van der Waals surface area contributed by atoms with Crippen LogP contribution in [0.25, 0.3) is 0 Å². The smallest absolute Gasteiger partial charge is 0.325 e. The maximum absolute atomic E-state index is 13.1. The number of benzene rings is 2. The molecule has 4 rings (SSSR count). The molecular weight excluding hydrogens is 418 g/mol. The summed E-state index contributed by atoms with van der Waals surface area (Å²) in [6.45, 7) is 3.42. The van der Waals surface area contributed by atoms with Crippen molar-refractivity contribution in [2.75, 3.05) is 19.7 Å². The lowest BCUT2D eigenvalue weighted by Crippen LogP contribution is -2.55. The fraction of sp³-hybridized carbons (Fsp3) is 0.348. The van der Waals surface area contributed by atoms with Gasteiger partial charge in [0.2, 0.25) is 0 Å². The largest absolute Gasteiger partial charge is 0.494 e. The van der Waals surface area contributed by atoms with Gasteiger partial charge >= 0.3 is 6.03 Å². The van der Waals surface area contributed by atoms with Crippen molar-refractivity contribution in [2.45, 2.75) is 31.8 Å². The molecule has 2 fully saturated rings. The topological polar surface area (TPSA) is 79.0 Å². The standard InChI is InChI=1S/C23H24ClN3O4/c1-2-31-19-8-6-17(7-9-19)20(28)26-12-10-23(11-13-26)21(29)27(22(30)25-23)15-16-4-3-5-18(24)14-16/h3-9,14H,2,10-13,15H2,1H3,(H,25,30). The Balaban J connectivity index is 1.40. The minimum atomic E-state index is -0.953. The van der Waals surface area contributed by atoms with Crippen molar-refractivity contribution < 1.29 is 19.1 Å². The molecule has 0 radical (unpaired) electrons.